The Labute approximate surface area is 82.1 Å². The van der Waals surface area contributed by atoms with Crippen molar-refractivity contribution < 1.29 is 8.78 Å². The molecule has 0 aliphatic carbocycles. The third-order valence-corrected chi connectivity index (χ3v) is 2.65. The summed E-state index contributed by atoms with van der Waals surface area (Å²) in [6, 6.07) is 3.78. The van der Waals surface area contributed by atoms with Crippen LogP contribution in [0.5, 0.6) is 0 Å². The second kappa shape index (κ2) is 4.05. The monoisotopic (exact) mass is 197 g/mol. The SMILES string of the molecule is Fc1cc(F)cc([C@@H]2CCCNC2)c1. The normalized spacial score (nSPS) is 22.3. The Kier molecular flexibility index (Phi) is 2.77. The molecule has 1 saturated heterocycles. The van der Waals surface area contributed by atoms with Crippen molar-refractivity contribution >= 4 is 0 Å². The van der Waals surface area contributed by atoms with Crippen molar-refractivity contribution in [2.75, 3.05) is 13.1 Å². The number of rotatable bonds is 1. The molecule has 0 aromatic heterocycles. The predicted molar refractivity (Wildman–Crippen MR) is 51.2 cm³/mol. The average Bonchev–Trinajstić information content (AvgIpc) is 2.18. The molecule has 1 fully saturated rings. The molecule has 1 aliphatic rings. The highest BCUT2D eigenvalue weighted by atomic mass is 19.1. The highest BCUT2D eigenvalue weighted by Crippen LogP contribution is 2.24. The molecule has 14 heavy (non-hydrogen) atoms. The van der Waals surface area contributed by atoms with E-state index in [1.165, 1.54) is 12.1 Å². The van der Waals surface area contributed by atoms with Crippen LogP contribution in [0.15, 0.2) is 18.2 Å². The summed E-state index contributed by atoms with van der Waals surface area (Å²) in [5.74, 6) is -0.704. The molecule has 0 saturated carbocycles. The second-order valence-electron chi connectivity index (χ2n) is 3.75. The number of hydrogen-bond donors (Lipinski definition) is 1. The topological polar surface area (TPSA) is 12.0 Å². The van der Waals surface area contributed by atoms with Gasteiger partial charge in [0.1, 0.15) is 11.6 Å². The molecule has 1 nitrogen and oxygen atoms in total. The molecule has 0 unspecified atom stereocenters. The summed E-state index contributed by atoms with van der Waals surface area (Å²) in [5.41, 5.74) is 0.773. The van der Waals surface area contributed by atoms with Gasteiger partial charge in [0.2, 0.25) is 0 Å². The van der Waals surface area contributed by atoms with Crippen LogP contribution < -0.4 is 5.32 Å². The molecule has 1 heterocycles. The number of nitrogens with one attached hydrogen (secondary N) is 1. The van der Waals surface area contributed by atoms with Gasteiger partial charge in [-0.25, -0.2) is 8.78 Å². The molecule has 1 aromatic rings. The van der Waals surface area contributed by atoms with E-state index in [-0.39, 0.29) is 5.92 Å². The van der Waals surface area contributed by atoms with E-state index in [1.807, 2.05) is 0 Å². The van der Waals surface area contributed by atoms with Gasteiger partial charge in [-0.05, 0) is 43.0 Å². The maximum absolute atomic E-state index is 12.9. The molecule has 2 rings (SSSR count). The predicted octanol–water partition coefficient (Wildman–Crippen LogP) is 2.43. The van der Waals surface area contributed by atoms with Crippen molar-refractivity contribution in [3.8, 4) is 0 Å². The fraction of sp³-hybridized carbons (Fsp3) is 0.455. The Morgan fingerprint density at radius 2 is 1.86 bits per heavy atom. The summed E-state index contributed by atoms with van der Waals surface area (Å²) in [6.07, 6.45) is 2.08. The van der Waals surface area contributed by atoms with Crippen molar-refractivity contribution in [1.29, 1.82) is 0 Å². The Bertz CT molecular complexity index is 299. The minimum absolute atomic E-state index is 0.258. The highest BCUT2D eigenvalue weighted by molar-refractivity contribution is 5.22. The number of piperidine rings is 1. The van der Waals surface area contributed by atoms with Gasteiger partial charge in [0.15, 0.2) is 0 Å². The van der Waals surface area contributed by atoms with Crippen molar-refractivity contribution in [3.05, 3.63) is 35.4 Å². The zero-order valence-electron chi connectivity index (χ0n) is 7.89. The third kappa shape index (κ3) is 2.10. The molecule has 0 bridgehead atoms. The quantitative estimate of drug-likeness (QED) is 0.729. The molecule has 3 heteroatoms. The summed E-state index contributed by atoms with van der Waals surface area (Å²) < 4.78 is 25.8. The van der Waals surface area contributed by atoms with Gasteiger partial charge in [-0.2, -0.15) is 0 Å². The smallest absolute Gasteiger partial charge is 0.126 e. The van der Waals surface area contributed by atoms with Crippen molar-refractivity contribution in [2.45, 2.75) is 18.8 Å². The molecule has 0 spiro atoms. The molecule has 1 atom stereocenters. The first-order valence-electron chi connectivity index (χ1n) is 4.92. The first-order chi connectivity index (χ1) is 6.75. The van der Waals surface area contributed by atoms with E-state index >= 15 is 0 Å². The largest absolute Gasteiger partial charge is 0.316 e. The van der Waals surface area contributed by atoms with Crippen LogP contribution in [0.25, 0.3) is 0 Å². The highest BCUT2D eigenvalue weighted by Gasteiger charge is 2.16. The third-order valence-electron chi connectivity index (χ3n) is 2.65. The van der Waals surface area contributed by atoms with Gasteiger partial charge in [0.05, 0.1) is 0 Å². The maximum atomic E-state index is 12.9. The van der Waals surface area contributed by atoms with Crippen molar-refractivity contribution in [3.63, 3.8) is 0 Å². The van der Waals surface area contributed by atoms with Crippen molar-refractivity contribution in [2.24, 2.45) is 0 Å². The summed E-state index contributed by atoms with van der Waals surface area (Å²) in [5, 5.41) is 3.23. The average molecular weight is 197 g/mol. The van der Waals surface area contributed by atoms with E-state index in [0.29, 0.717) is 0 Å². The van der Waals surface area contributed by atoms with Crippen LogP contribution in [-0.2, 0) is 0 Å². The van der Waals surface area contributed by atoms with E-state index in [1.54, 1.807) is 0 Å². The Morgan fingerprint density at radius 1 is 1.14 bits per heavy atom. The van der Waals surface area contributed by atoms with Gasteiger partial charge in [-0.15, -0.1) is 0 Å². The molecule has 76 valence electrons. The van der Waals surface area contributed by atoms with E-state index < -0.39 is 11.6 Å². The summed E-state index contributed by atoms with van der Waals surface area (Å²) >= 11 is 0. The summed E-state index contributed by atoms with van der Waals surface area (Å²) in [6.45, 7) is 1.83. The lowest BCUT2D eigenvalue weighted by Gasteiger charge is -2.23. The Morgan fingerprint density at radius 3 is 2.43 bits per heavy atom. The van der Waals surface area contributed by atoms with Crippen LogP contribution in [0.3, 0.4) is 0 Å². The van der Waals surface area contributed by atoms with Crippen LogP contribution in [0.1, 0.15) is 24.3 Å². The molecule has 0 amide bonds. The van der Waals surface area contributed by atoms with E-state index in [4.69, 9.17) is 0 Å². The number of benzene rings is 1. The fourth-order valence-corrected chi connectivity index (χ4v) is 1.95. The molecule has 1 aliphatic heterocycles. The minimum atomic E-state index is -0.481. The summed E-state index contributed by atoms with van der Waals surface area (Å²) in [7, 11) is 0. The maximum Gasteiger partial charge on any atom is 0.126 e. The first-order valence-corrected chi connectivity index (χ1v) is 4.92. The van der Waals surface area contributed by atoms with Crippen LogP contribution in [0.2, 0.25) is 0 Å². The zero-order chi connectivity index (χ0) is 9.97. The standard InChI is InChI=1S/C11H13F2N/c12-10-4-9(5-11(13)6-10)8-2-1-3-14-7-8/h4-6,8,14H,1-3,7H2/t8-/m1/s1. The van der Waals surface area contributed by atoms with Gasteiger partial charge in [-0.1, -0.05) is 0 Å². The van der Waals surface area contributed by atoms with E-state index in [0.717, 1.165) is 37.6 Å². The second-order valence-corrected chi connectivity index (χ2v) is 3.75. The van der Waals surface area contributed by atoms with Crippen molar-refractivity contribution in [1.82, 2.24) is 5.32 Å². The van der Waals surface area contributed by atoms with Crippen LogP contribution in [0, 0.1) is 11.6 Å². The van der Waals surface area contributed by atoms with Crippen LogP contribution in [-0.4, -0.2) is 13.1 Å². The minimum Gasteiger partial charge on any atom is -0.316 e. The molecular formula is C11H13F2N. The fourth-order valence-electron chi connectivity index (χ4n) is 1.95. The summed E-state index contributed by atoms with van der Waals surface area (Å²) in [4.78, 5) is 0. The number of halogens is 2. The van der Waals surface area contributed by atoms with Crippen LogP contribution in [0.4, 0.5) is 8.78 Å². The lowest BCUT2D eigenvalue weighted by atomic mass is 9.91. The Hall–Kier alpha value is -0.960. The van der Waals surface area contributed by atoms with Gasteiger partial charge in [-0.3, -0.25) is 0 Å². The Balaban J connectivity index is 2.21. The molecule has 0 radical (unpaired) electrons. The first kappa shape index (κ1) is 9.59. The lowest BCUT2D eigenvalue weighted by Crippen LogP contribution is -2.28. The zero-order valence-corrected chi connectivity index (χ0v) is 7.89. The lowest BCUT2D eigenvalue weighted by molar-refractivity contribution is 0.457. The molecule has 1 N–H and O–H groups in total. The number of hydrogen-bond acceptors (Lipinski definition) is 1. The molecular weight excluding hydrogens is 184 g/mol. The van der Waals surface area contributed by atoms with Crippen LogP contribution >= 0.6 is 0 Å². The van der Waals surface area contributed by atoms with Gasteiger partial charge < -0.3 is 5.32 Å². The van der Waals surface area contributed by atoms with E-state index in [9.17, 15) is 8.78 Å². The molecule has 1 aromatic carbocycles. The van der Waals surface area contributed by atoms with E-state index in [2.05, 4.69) is 5.32 Å². The van der Waals surface area contributed by atoms with Gasteiger partial charge in [0.25, 0.3) is 0 Å². The van der Waals surface area contributed by atoms with Gasteiger partial charge >= 0.3 is 0 Å². The van der Waals surface area contributed by atoms with Gasteiger partial charge in [0, 0.05) is 12.6 Å².